The Labute approximate surface area is 110 Å². The number of phenolic OH excluding ortho intramolecular Hbond substituents is 1. The minimum absolute atomic E-state index is 0. The van der Waals surface area contributed by atoms with Gasteiger partial charge in [0.2, 0.25) is 0 Å². The lowest BCUT2D eigenvalue weighted by Crippen LogP contribution is -2.13. The summed E-state index contributed by atoms with van der Waals surface area (Å²) in [5.74, 6) is -0.577. The van der Waals surface area contributed by atoms with Gasteiger partial charge in [-0.15, -0.1) is 12.4 Å². The van der Waals surface area contributed by atoms with E-state index in [1.165, 1.54) is 6.07 Å². The lowest BCUT2D eigenvalue weighted by molar-refractivity contribution is 0.411. The average molecular weight is 313 g/mol. The topological polar surface area (TPSA) is 46.2 Å². The van der Waals surface area contributed by atoms with E-state index in [4.69, 9.17) is 5.73 Å². The van der Waals surface area contributed by atoms with Crippen LogP contribution in [0.4, 0.5) is 4.39 Å². The second-order valence-electron chi connectivity index (χ2n) is 4.06. The summed E-state index contributed by atoms with van der Waals surface area (Å²) in [6.45, 7) is 4.07. The molecule has 1 aromatic rings. The molecule has 92 valence electrons. The first-order valence-corrected chi connectivity index (χ1v) is 5.64. The zero-order valence-corrected chi connectivity index (χ0v) is 11.6. The largest absolute Gasteiger partial charge is 0.505 e. The number of halogens is 3. The van der Waals surface area contributed by atoms with Gasteiger partial charge in [0.25, 0.3) is 0 Å². The summed E-state index contributed by atoms with van der Waals surface area (Å²) in [5, 5.41) is 9.53. The SMILES string of the molecule is CC(C)C[C@@H](N)c1cc(Br)cc(F)c1O.Cl. The number of rotatable bonds is 3. The molecule has 2 nitrogen and oxygen atoms in total. The Bertz CT molecular complexity index is 360. The first-order valence-electron chi connectivity index (χ1n) is 4.85. The molecule has 16 heavy (non-hydrogen) atoms. The Hall–Kier alpha value is -0.320. The third-order valence-electron chi connectivity index (χ3n) is 2.18. The van der Waals surface area contributed by atoms with Gasteiger partial charge in [-0.25, -0.2) is 4.39 Å². The summed E-state index contributed by atoms with van der Waals surface area (Å²) in [6, 6.07) is 2.55. The molecule has 0 spiro atoms. The van der Waals surface area contributed by atoms with Crippen LogP contribution in [0.2, 0.25) is 0 Å². The maximum Gasteiger partial charge on any atom is 0.166 e. The molecule has 0 unspecified atom stereocenters. The molecular formula is C11H16BrClFNO. The fourth-order valence-electron chi connectivity index (χ4n) is 1.50. The van der Waals surface area contributed by atoms with Crippen molar-refractivity contribution in [1.82, 2.24) is 0 Å². The van der Waals surface area contributed by atoms with Crippen LogP contribution in [0.15, 0.2) is 16.6 Å². The van der Waals surface area contributed by atoms with E-state index >= 15 is 0 Å². The van der Waals surface area contributed by atoms with Gasteiger partial charge in [0.1, 0.15) is 0 Å². The molecule has 1 aromatic carbocycles. The molecule has 0 aromatic heterocycles. The maximum absolute atomic E-state index is 13.2. The minimum atomic E-state index is -0.640. The summed E-state index contributed by atoms with van der Waals surface area (Å²) in [6.07, 6.45) is 0.712. The molecule has 0 heterocycles. The van der Waals surface area contributed by atoms with Gasteiger partial charge >= 0.3 is 0 Å². The van der Waals surface area contributed by atoms with Gasteiger partial charge in [0, 0.05) is 16.1 Å². The van der Waals surface area contributed by atoms with Crippen molar-refractivity contribution in [2.45, 2.75) is 26.3 Å². The molecule has 0 aliphatic heterocycles. The Morgan fingerprint density at radius 3 is 2.50 bits per heavy atom. The summed E-state index contributed by atoms with van der Waals surface area (Å²) in [5.41, 5.74) is 6.34. The highest BCUT2D eigenvalue weighted by molar-refractivity contribution is 9.10. The average Bonchev–Trinajstić information content (AvgIpc) is 2.09. The van der Waals surface area contributed by atoms with Crippen molar-refractivity contribution in [1.29, 1.82) is 0 Å². The minimum Gasteiger partial charge on any atom is -0.505 e. The number of hydrogen-bond acceptors (Lipinski definition) is 2. The highest BCUT2D eigenvalue weighted by atomic mass is 79.9. The maximum atomic E-state index is 13.2. The number of aromatic hydroxyl groups is 1. The number of benzene rings is 1. The van der Waals surface area contributed by atoms with E-state index in [-0.39, 0.29) is 24.2 Å². The van der Waals surface area contributed by atoms with Crippen molar-refractivity contribution < 1.29 is 9.50 Å². The number of phenols is 1. The summed E-state index contributed by atoms with van der Waals surface area (Å²) >= 11 is 3.17. The molecule has 0 saturated carbocycles. The fraction of sp³-hybridized carbons (Fsp3) is 0.455. The van der Waals surface area contributed by atoms with Crippen LogP contribution in [0.3, 0.4) is 0 Å². The monoisotopic (exact) mass is 311 g/mol. The summed E-state index contributed by atoms with van der Waals surface area (Å²) < 4.78 is 13.8. The Kier molecular flexibility index (Phi) is 6.30. The second kappa shape index (κ2) is 6.42. The van der Waals surface area contributed by atoms with E-state index < -0.39 is 5.82 Å². The normalized spacial score (nSPS) is 12.4. The third-order valence-corrected chi connectivity index (χ3v) is 2.64. The van der Waals surface area contributed by atoms with E-state index in [0.717, 1.165) is 0 Å². The summed E-state index contributed by atoms with van der Waals surface area (Å²) in [4.78, 5) is 0. The van der Waals surface area contributed by atoms with Crippen LogP contribution in [-0.2, 0) is 0 Å². The zero-order valence-electron chi connectivity index (χ0n) is 9.21. The van der Waals surface area contributed by atoms with Gasteiger partial charge < -0.3 is 10.8 Å². The molecule has 1 atom stereocenters. The van der Waals surface area contributed by atoms with Crippen LogP contribution < -0.4 is 5.73 Å². The van der Waals surface area contributed by atoms with Crippen molar-refractivity contribution in [3.8, 4) is 5.75 Å². The van der Waals surface area contributed by atoms with Crippen molar-refractivity contribution in [2.75, 3.05) is 0 Å². The molecule has 0 aliphatic rings. The highest BCUT2D eigenvalue weighted by Crippen LogP contribution is 2.32. The molecule has 5 heteroatoms. The fourth-order valence-corrected chi connectivity index (χ4v) is 1.95. The van der Waals surface area contributed by atoms with Crippen LogP contribution in [0.1, 0.15) is 31.9 Å². The molecule has 0 saturated heterocycles. The smallest absolute Gasteiger partial charge is 0.166 e. The summed E-state index contributed by atoms with van der Waals surface area (Å²) in [7, 11) is 0. The quantitative estimate of drug-likeness (QED) is 0.892. The van der Waals surface area contributed by atoms with Gasteiger partial charge in [0.15, 0.2) is 11.6 Å². The van der Waals surface area contributed by atoms with E-state index in [9.17, 15) is 9.50 Å². The van der Waals surface area contributed by atoms with Gasteiger partial charge in [-0.2, -0.15) is 0 Å². The standard InChI is InChI=1S/C11H15BrFNO.ClH/c1-6(2)3-10(14)8-4-7(12)5-9(13)11(8)15;/h4-6,10,15H,3,14H2,1-2H3;1H/t10-;/m1./s1. The zero-order chi connectivity index (χ0) is 11.6. The first-order chi connectivity index (χ1) is 6.91. The van der Waals surface area contributed by atoms with Gasteiger partial charge in [-0.1, -0.05) is 29.8 Å². The van der Waals surface area contributed by atoms with E-state index in [1.54, 1.807) is 6.07 Å². The second-order valence-corrected chi connectivity index (χ2v) is 4.98. The molecule has 1 rings (SSSR count). The van der Waals surface area contributed by atoms with Gasteiger partial charge in [-0.05, 0) is 24.5 Å². The Balaban J connectivity index is 0.00000225. The molecule has 0 bridgehead atoms. The molecule has 0 amide bonds. The molecule has 0 radical (unpaired) electrons. The lowest BCUT2D eigenvalue weighted by atomic mass is 9.97. The molecule has 0 aliphatic carbocycles. The van der Waals surface area contributed by atoms with Crippen LogP contribution in [0, 0.1) is 11.7 Å². The van der Waals surface area contributed by atoms with E-state index in [1.807, 2.05) is 13.8 Å². The van der Waals surface area contributed by atoms with Crippen LogP contribution in [-0.4, -0.2) is 5.11 Å². The van der Waals surface area contributed by atoms with Gasteiger partial charge in [-0.3, -0.25) is 0 Å². The highest BCUT2D eigenvalue weighted by Gasteiger charge is 2.16. The van der Waals surface area contributed by atoms with Crippen LogP contribution in [0.5, 0.6) is 5.75 Å². The first kappa shape index (κ1) is 15.7. The van der Waals surface area contributed by atoms with Crippen molar-refractivity contribution in [3.63, 3.8) is 0 Å². The van der Waals surface area contributed by atoms with E-state index in [0.29, 0.717) is 22.4 Å². The molecule has 3 N–H and O–H groups in total. The van der Waals surface area contributed by atoms with Crippen molar-refractivity contribution >= 4 is 28.3 Å². The third kappa shape index (κ3) is 3.92. The lowest BCUT2D eigenvalue weighted by Gasteiger charge is -2.16. The molecule has 0 fully saturated rings. The van der Waals surface area contributed by atoms with Crippen molar-refractivity contribution in [3.05, 3.63) is 28.0 Å². The van der Waals surface area contributed by atoms with Gasteiger partial charge in [0.05, 0.1) is 0 Å². The molecular weight excluding hydrogens is 296 g/mol. The predicted octanol–water partition coefficient (Wildman–Crippen LogP) is 3.76. The number of hydrogen-bond donors (Lipinski definition) is 2. The van der Waals surface area contributed by atoms with Crippen LogP contribution in [0.25, 0.3) is 0 Å². The Morgan fingerprint density at radius 2 is 2.00 bits per heavy atom. The van der Waals surface area contributed by atoms with Crippen LogP contribution >= 0.6 is 28.3 Å². The number of nitrogens with two attached hydrogens (primary N) is 1. The van der Waals surface area contributed by atoms with Crippen molar-refractivity contribution in [2.24, 2.45) is 11.7 Å². The Morgan fingerprint density at radius 1 is 1.44 bits per heavy atom. The van der Waals surface area contributed by atoms with E-state index in [2.05, 4.69) is 15.9 Å². The predicted molar refractivity (Wildman–Crippen MR) is 69.4 cm³/mol.